The third kappa shape index (κ3) is 5.17. The Balaban J connectivity index is 1.50. The van der Waals surface area contributed by atoms with Crippen molar-refractivity contribution in [2.45, 2.75) is 50.3 Å². The van der Waals surface area contributed by atoms with Gasteiger partial charge in [0.1, 0.15) is 18.5 Å². The summed E-state index contributed by atoms with van der Waals surface area (Å²) < 4.78 is 25.6. The van der Waals surface area contributed by atoms with Gasteiger partial charge in [0.15, 0.2) is 11.5 Å². The molecule has 2 aliphatic rings. The average Bonchev–Trinajstić information content (AvgIpc) is 3.42. The highest BCUT2D eigenvalue weighted by molar-refractivity contribution is 7.10. The molecule has 2 amide bonds. The number of nitrogens with one attached hydrogen (secondary N) is 1. The van der Waals surface area contributed by atoms with Crippen LogP contribution in [0.2, 0.25) is 0 Å². The van der Waals surface area contributed by atoms with Crippen LogP contribution < -0.4 is 19.7 Å². The molecule has 182 valence electrons. The van der Waals surface area contributed by atoms with Crippen molar-refractivity contribution in [2.75, 3.05) is 11.5 Å². The number of ether oxygens (including phenoxy) is 2. The first-order chi connectivity index (χ1) is 17.1. The number of benzene rings is 2. The van der Waals surface area contributed by atoms with E-state index in [1.807, 2.05) is 23.6 Å². The molecule has 0 bridgehead atoms. The minimum absolute atomic E-state index is 0.00887. The topological polar surface area (TPSA) is 67.9 Å². The molecule has 1 fully saturated rings. The molecular formula is C27H27FN2O4S. The number of amides is 2. The summed E-state index contributed by atoms with van der Waals surface area (Å²) >= 11 is 1.40. The minimum Gasteiger partial charge on any atom is -0.485 e. The molecule has 2 atom stereocenters. The zero-order valence-corrected chi connectivity index (χ0v) is 20.0. The molecule has 1 aromatic heterocycles. The molecule has 1 saturated carbocycles. The smallest absolute Gasteiger partial charge is 0.272 e. The van der Waals surface area contributed by atoms with E-state index in [1.165, 1.54) is 46.9 Å². The Labute approximate surface area is 207 Å². The molecule has 0 spiro atoms. The zero-order valence-electron chi connectivity index (χ0n) is 19.2. The maximum Gasteiger partial charge on any atom is 0.272 e. The molecule has 8 heteroatoms. The van der Waals surface area contributed by atoms with Crippen molar-refractivity contribution in [1.29, 1.82) is 0 Å². The van der Waals surface area contributed by atoms with Gasteiger partial charge in [0.25, 0.3) is 5.91 Å². The molecule has 0 saturated heterocycles. The molecule has 1 N–H and O–H groups in total. The Morgan fingerprint density at radius 1 is 0.971 bits per heavy atom. The van der Waals surface area contributed by atoms with Gasteiger partial charge in [0.05, 0.1) is 0 Å². The van der Waals surface area contributed by atoms with E-state index in [9.17, 15) is 14.0 Å². The molecule has 1 aliphatic carbocycles. The fourth-order valence-electron chi connectivity index (χ4n) is 4.65. The van der Waals surface area contributed by atoms with Gasteiger partial charge in [-0.2, -0.15) is 0 Å². The summed E-state index contributed by atoms with van der Waals surface area (Å²) in [5.41, 5.74) is 0.413. The summed E-state index contributed by atoms with van der Waals surface area (Å²) in [5.74, 6) is -0.0747. The van der Waals surface area contributed by atoms with Crippen LogP contribution in [0.1, 0.15) is 43.0 Å². The first-order valence-corrected chi connectivity index (χ1v) is 12.8. The molecule has 6 nitrogen and oxygen atoms in total. The highest BCUT2D eigenvalue weighted by atomic mass is 32.1. The minimum atomic E-state index is -0.958. The summed E-state index contributed by atoms with van der Waals surface area (Å²) in [4.78, 5) is 29.8. The fourth-order valence-corrected chi connectivity index (χ4v) is 5.46. The number of halogens is 1. The molecule has 5 rings (SSSR count). The van der Waals surface area contributed by atoms with E-state index in [1.54, 1.807) is 18.2 Å². The number of hydrogen-bond acceptors (Lipinski definition) is 5. The lowest BCUT2D eigenvalue weighted by molar-refractivity contribution is -0.132. The van der Waals surface area contributed by atoms with Crippen LogP contribution in [-0.2, 0) is 9.59 Å². The predicted octanol–water partition coefficient (Wildman–Crippen LogP) is 5.25. The van der Waals surface area contributed by atoms with E-state index in [2.05, 4.69) is 5.32 Å². The maximum absolute atomic E-state index is 14.0. The number of carbonyl (C=O) groups excluding carboxylic acids is 2. The van der Waals surface area contributed by atoms with Gasteiger partial charge in [-0.3, -0.25) is 14.5 Å². The summed E-state index contributed by atoms with van der Waals surface area (Å²) in [7, 11) is 0. The molecule has 35 heavy (non-hydrogen) atoms. The largest absolute Gasteiger partial charge is 0.485 e. The normalized spacial score (nSPS) is 18.5. The molecule has 3 aromatic rings. The maximum atomic E-state index is 14.0. The van der Waals surface area contributed by atoms with Gasteiger partial charge in [-0.1, -0.05) is 37.5 Å². The number of hydrogen-bond donors (Lipinski definition) is 1. The van der Waals surface area contributed by atoms with Gasteiger partial charge in [-0.05, 0) is 60.7 Å². The van der Waals surface area contributed by atoms with Crippen molar-refractivity contribution in [3.05, 3.63) is 76.7 Å². The van der Waals surface area contributed by atoms with Crippen LogP contribution in [-0.4, -0.2) is 30.6 Å². The lowest BCUT2D eigenvalue weighted by atomic mass is 9.95. The van der Waals surface area contributed by atoms with E-state index >= 15 is 0 Å². The standard InChI is InChI=1S/C27H27FN2O4S/c28-18-12-14-20(15-13-18)30(27(32)23-17-33-21-9-4-5-10-22(21)34-23)25(24-11-6-16-35-24)26(31)29-19-7-2-1-3-8-19/h4-6,9-16,19,23,25H,1-3,7-8,17H2,(H,29,31). The molecule has 1 aliphatic heterocycles. The number of nitrogens with zero attached hydrogens (tertiary/aromatic N) is 1. The van der Waals surface area contributed by atoms with E-state index in [0.29, 0.717) is 22.1 Å². The van der Waals surface area contributed by atoms with Gasteiger partial charge < -0.3 is 14.8 Å². The van der Waals surface area contributed by atoms with Gasteiger partial charge in [-0.15, -0.1) is 11.3 Å². The monoisotopic (exact) mass is 494 g/mol. The summed E-state index contributed by atoms with van der Waals surface area (Å²) in [6, 6.07) is 15.6. The van der Waals surface area contributed by atoms with Crippen LogP contribution in [0.3, 0.4) is 0 Å². The summed E-state index contributed by atoms with van der Waals surface area (Å²) in [6.07, 6.45) is 4.19. The summed E-state index contributed by atoms with van der Waals surface area (Å²) in [5, 5.41) is 5.05. The van der Waals surface area contributed by atoms with Crippen molar-refractivity contribution in [2.24, 2.45) is 0 Å². The summed E-state index contributed by atoms with van der Waals surface area (Å²) in [6.45, 7) is 0.00887. The van der Waals surface area contributed by atoms with Crippen molar-refractivity contribution in [3.8, 4) is 11.5 Å². The highest BCUT2D eigenvalue weighted by Crippen LogP contribution is 2.35. The van der Waals surface area contributed by atoms with Crippen LogP contribution in [0.25, 0.3) is 0 Å². The van der Waals surface area contributed by atoms with Crippen molar-refractivity contribution >= 4 is 28.8 Å². The zero-order chi connectivity index (χ0) is 24.2. The van der Waals surface area contributed by atoms with Crippen LogP contribution in [0.5, 0.6) is 11.5 Å². The molecule has 2 aromatic carbocycles. The molecular weight excluding hydrogens is 467 g/mol. The number of fused-ring (bicyclic) bond motifs is 1. The van der Waals surface area contributed by atoms with Crippen molar-refractivity contribution < 1.29 is 23.5 Å². The van der Waals surface area contributed by atoms with Gasteiger partial charge in [0, 0.05) is 16.6 Å². The fraction of sp³-hybridized carbons (Fsp3) is 0.333. The van der Waals surface area contributed by atoms with Crippen molar-refractivity contribution in [3.63, 3.8) is 0 Å². The molecule has 2 unspecified atom stereocenters. The third-order valence-corrected chi connectivity index (χ3v) is 7.32. The Bertz CT molecular complexity index is 1160. The Morgan fingerprint density at radius 2 is 1.71 bits per heavy atom. The Hall–Kier alpha value is -3.39. The van der Waals surface area contributed by atoms with Crippen molar-refractivity contribution in [1.82, 2.24) is 5.32 Å². The number of anilines is 1. The predicted molar refractivity (Wildman–Crippen MR) is 132 cm³/mol. The number of rotatable bonds is 6. The second kappa shape index (κ2) is 10.5. The number of carbonyl (C=O) groups is 2. The molecule has 2 heterocycles. The Morgan fingerprint density at radius 3 is 2.43 bits per heavy atom. The van der Waals surface area contributed by atoms with Crippen LogP contribution in [0, 0.1) is 5.82 Å². The highest BCUT2D eigenvalue weighted by Gasteiger charge is 2.40. The number of para-hydroxylation sites is 2. The lowest BCUT2D eigenvalue weighted by Crippen LogP contribution is -2.52. The third-order valence-electron chi connectivity index (χ3n) is 6.40. The van der Waals surface area contributed by atoms with Gasteiger partial charge in [-0.25, -0.2) is 4.39 Å². The second-order valence-corrected chi connectivity index (χ2v) is 9.79. The lowest BCUT2D eigenvalue weighted by Gasteiger charge is -2.35. The van der Waals surface area contributed by atoms with E-state index in [0.717, 1.165) is 25.7 Å². The molecule has 0 radical (unpaired) electrons. The number of thiophene rings is 1. The Kier molecular flexibility index (Phi) is 6.99. The van der Waals surface area contributed by atoms with Crippen LogP contribution in [0.4, 0.5) is 10.1 Å². The quantitative estimate of drug-likeness (QED) is 0.508. The first kappa shape index (κ1) is 23.4. The first-order valence-electron chi connectivity index (χ1n) is 11.9. The SMILES string of the molecule is O=C(NC1CCCCC1)C(c1cccs1)N(C(=O)C1COc2ccccc2O1)c1ccc(F)cc1. The van der Waals surface area contributed by atoms with E-state index in [4.69, 9.17) is 9.47 Å². The van der Waals surface area contributed by atoms with Gasteiger partial charge >= 0.3 is 0 Å². The average molecular weight is 495 g/mol. The van der Waals surface area contributed by atoms with Gasteiger partial charge in [0.2, 0.25) is 12.0 Å². The van der Waals surface area contributed by atoms with E-state index in [-0.39, 0.29) is 18.6 Å². The van der Waals surface area contributed by atoms with Crippen LogP contribution >= 0.6 is 11.3 Å². The van der Waals surface area contributed by atoms with E-state index < -0.39 is 23.9 Å². The second-order valence-electron chi connectivity index (χ2n) is 8.81. The van der Waals surface area contributed by atoms with Crippen LogP contribution in [0.15, 0.2) is 66.0 Å².